The number of amides is 1. The molecule has 1 aromatic carbocycles. The Morgan fingerprint density at radius 3 is 2.68 bits per heavy atom. The molecule has 1 aliphatic rings. The lowest BCUT2D eigenvalue weighted by molar-refractivity contribution is -0.117. The predicted molar refractivity (Wildman–Crippen MR) is 107 cm³/mol. The number of fused-ring (bicyclic) bond motifs is 1. The number of carbonyl (C=O) groups is 1. The minimum atomic E-state index is -0.0750. The summed E-state index contributed by atoms with van der Waals surface area (Å²) in [5.74, 6) is 2.08. The van der Waals surface area contributed by atoms with Crippen molar-refractivity contribution < 1.29 is 9.32 Å². The summed E-state index contributed by atoms with van der Waals surface area (Å²) in [6.07, 6.45) is 0. The first kappa shape index (κ1) is 18.9. The predicted octanol–water partition coefficient (Wildman–Crippen LogP) is 2.28. The van der Waals surface area contributed by atoms with Crippen LogP contribution in [0.1, 0.15) is 11.6 Å². The number of benzene rings is 1. The lowest BCUT2D eigenvalue weighted by atomic mass is 10.3. The van der Waals surface area contributed by atoms with E-state index in [1.54, 1.807) is 13.0 Å². The van der Waals surface area contributed by atoms with Crippen molar-refractivity contribution in [1.29, 1.82) is 0 Å². The fourth-order valence-electron chi connectivity index (χ4n) is 3.48. The highest BCUT2D eigenvalue weighted by molar-refractivity contribution is 6.31. The molecule has 4 rings (SSSR count). The van der Waals surface area contributed by atoms with Crippen molar-refractivity contribution in [2.75, 3.05) is 38.0 Å². The second-order valence-corrected chi connectivity index (χ2v) is 7.58. The summed E-state index contributed by atoms with van der Waals surface area (Å²) in [6.45, 7) is 6.37. The molecule has 1 fully saturated rings. The van der Waals surface area contributed by atoms with E-state index in [2.05, 4.69) is 24.8 Å². The molecule has 2 aromatic heterocycles. The highest BCUT2D eigenvalue weighted by Gasteiger charge is 2.21. The zero-order chi connectivity index (χ0) is 19.7. The fraction of sp³-hybridized carbons (Fsp3) is 0.421. The minimum absolute atomic E-state index is 0.0750. The van der Waals surface area contributed by atoms with Crippen molar-refractivity contribution in [3.05, 3.63) is 40.9 Å². The number of carbonyl (C=O) groups excluding carboxylic acids is 1. The number of anilines is 1. The van der Waals surface area contributed by atoms with Gasteiger partial charge in [0.15, 0.2) is 5.82 Å². The topological polar surface area (TPSA) is 79.4 Å². The minimum Gasteiger partial charge on any atom is -0.360 e. The smallest absolute Gasteiger partial charge is 0.239 e. The van der Waals surface area contributed by atoms with Crippen LogP contribution in [0.4, 0.5) is 5.82 Å². The summed E-state index contributed by atoms with van der Waals surface area (Å²) < 4.78 is 7.08. The number of imidazole rings is 1. The molecule has 1 N–H and O–H groups in total. The Balaban J connectivity index is 1.29. The van der Waals surface area contributed by atoms with Crippen LogP contribution in [0.3, 0.4) is 0 Å². The second kappa shape index (κ2) is 7.90. The van der Waals surface area contributed by atoms with E-state index < -0.39 is 0 Å². The summed E-state index contributed by atoms with van der Waals surface area (Å²) in [4.78, 5) is 21.4. The zero-order valence-corrected chi connectivity index (χ0v) is 16.7. The molecular weight excluding hydrogens is 380 g/mol. The summed E-state index contributed by atoms with van der Waals surface area (Å²) >= 11 is 6.07. The highest BCUT2D eigenvalue weighted by Crippen LogP contribution is 2.20. The quantitative estimate of drug-likeness (QED) is 0.705. The lowest BCUT2D eigenvalue weighted by Crippen LogP contribution is -2.48. The average molecular weight is 403 g/mol. The number of halogens is 1. The first-order chi connectivity index (χ1) is 13.5. The van der Waals surface area contributed by atoms with Crippen LogP contribution in [0, 0.1) is 6.92 Å². The maximum Gasteiger partial charge on any atom is 0.239 e. The van der Waals surface area contributed by atoms with Crippen LogP contribution >= 0.6 is 11.6 Å². The van der Waals surface area contributed by atoms with Gasteiger partial charge in [0.2, 0.25) is 5.91 Å². The first-order valence-corrected chi connectivity index (χ1v) is 9.64. The molecule has 0 aliphatic carbocycles. The standard InChI is InChI=1S/C19H23ClN6O2/c1-13-9-17(23-28-13)22-19(27)12-26-7-5-25(6-8-26)11-18-21-15-10-14(20)3-4-16(15)24(18)2/h3-4,9-10H,5-8,11-12H2,1-2H3,(H,22,23,27). The van der Waals surface area contributed by atoms with E-state index in [-0.39, 0.29) is 5.91 Å². The molecule has 0 bridgehead atoms. The van der Waals surface area contributed by atoms with Gasteiger partial charge in [-0.15, -0.1) is 0 Å². The van der Waals surface area contributed by atoms with E-state index in [9.17, 15) is 4.79 Å². The number of aryl methyl sites for hydroxylation is 2. The van der Waals surface area contributed by atoms with E-state index in [1.807, 2.05) is 25.2 Å². The Labute approximate surface area is 168 Å². The third kappa shape index (κ3) is 4.19. The molecule has 0 spiro atoms. The number of aromatic nitrogens is 3. The number of rotatable bonds is 5. The van der Waals surface area contributed by atoms with E-state index in [0.717, 1.165) is 49.6 Å². The molecule has 3 heterocycles. The first-order valence-electron chi connectivity index (χ1n) is 9.26. The number of nitrogens with zero attached hydrogens (tertiary/aromatic N) is 5. The van der Waals surface area contributed by atoms with Gasteiger partial charge in [0, 0.05) is 44.3 Å². The molecular formula is C19H23ClN6O2. The van der Waals surface area contributed by atoms with Crippen molar-refractivity contribution in [2.45, 2.75) is 13.5 Å². The second-order valence-electron chi connectivity index (χ2n) is 7.14. The number of hydrogen-bond acceptors (Lipinski definition) is 6. The van der Waals surface area contributed by atoms with Crippen LogP contribution in [-0.2, 0) is 18.4 Å². The van der Waals surface area contributed by atoms with Gasteiger partial charge in [-0.2, -0.15) is 0 Å². The van der Waals surface area contributed by atoms with Crippen molar-refractivity contribution in [2.24, 2.45) is 7.05 Å². The average Bonchev–Trinajstić information content (AvgIpc) is 3.19. The van der Waals surface area contributed by atoms with Gasteiger partial charge in [-0.25, -0.2) is 4.98 Å². The van der Waals surface area contributed by atoms with E-state index in [0.29, 0.717) is 23.1 Å². The maximum atomic E-state index is 12.2. The van der Waals surface area contributed by atoms with Crippen molar-refractivity contribution in [1.82, 2.24) is 24.5 Å². The molecule has 3 aromatic rings. The number of hydrogen-bond donors (Lipinski definition) is 1. The van der Waals surface area contributed by atoms with Gasteiger partial charge in [-0.3, -0.25) is 14.6 Å². The summed E-state index contributed by atoms with van der Waals surface area (Å²) in [7, 11) is 2.03. The highest BCUT2D eigenvalue weighted by atomic mass is 35.5. The van der Waals surface area contributed by atoms with Crippen LogP contribution in [0.15, 0.2) is 28.8 Å². The Hall–Kier alpha value is -2.42. The molecule has 28 heavy (non-hydrogen) atoms. The van der Waals surface area contributed by atoms with E-state index >= 15 is 0 Å². The SMILES string of the molecule is Cc1cc(NC(=O)CN2CCN(Cc3nc4cc(Cl)ccc4n3C)CC2)no1. The van der Waals surface area contributed by atoms with Gasteiger partial charge in [0.05, 0.1) is 24.1 Å². The molecule has 8 nitrogen and oxygen atoms in total. The maximum absolute atomic E-state index is 12.2. The summed E-state index contributed by atoms with van der Waals surface area (Å²) in [5, 5.41) is 7.25. The molecule has 1 aliphatic heterocycles. The zero-order valence-electron chi connectivity index (χ0n) is 16.0. The van der Waals surface area contributed by atoms with Crippen LogP contribution in [-0.4, -0.2) is 63.1 Å². The molecule has 0 unspecified atom stereocenters. The Kier molecular flexibility index (Phi) is 5.34. The molecule has 9 heteroatoms. The van der Waals surface area contributed by atoms with Crippen LogP contribution in [0.5, 0.6) is 0 Å². The van der Waals surface area contributed by atoms with Gasteiger partial charge >= 0.3 is 0 Å². The fourth-order valence-corrected chi connectivity index (χ4v) is 3.65. The van der Waals surface area contributed by atoms with Gasteiger partial charge in [-0.05, 0) is 25.1 Å². The van der Waals surface area contributed by atoms with Crippen LogP contribution in [0.2, 0.25) is 5.02 Å². The number of piperazine rings is 1. The Morgan fingerprint density at radius 1 is 1.21 bits per heavy atom. The largest absolute Gasteiger partial charge is 0.360 e. The third-order valence-electron chi connectivity index (χ3n) is 5.03. The number of nitrogens with one attached hydrogen (secondary N) is 1. The van der Waals surface area contributed by atoms with Gasteiger partial charge in [-0.1, -0.05) is 16.8 Å². The summed E-state index contributed by atoms with van der Waals surface area (Å²) in [5.41, 5.74) is 2.00. The van der Waals surface area contributed by atoms with Gasteiger partial charge in [0.1, 0.15) is 11.6 Å². The van der Waals surface area contributed by atoms with Gasteiger partial charge < -0.3 is 14.4 Å². The third-order valence-corrected chi connectivity index (χ3v) is 5.26. The molecule has 0 saturated carbocycles. The van der Waals surface area contributed by atoms with E-state index in [1.165, 1.54) is 0 Å². The van der Waals surface area contributed by atoms with Crippen molar-refractivity contribution >= 4 is 34.4 Å². The monoisotopic (exact) mass is 402 g/mol. The van der Waals surface area contributed by atoms with Gasteiger partial charge in [0.25, 0.3) is 0 Å². The van der Waals surface area contributed by atoms with Crippen LogP contribution in [0.25, 0.3) is 11.0 Å². The molecule has 0 radical (unpaired) electrons. The molecule has 0 atom stereocenters. The van der Waals surface area contributed by atoms with Crippen LogP contribution < -0.4 is 5.32 Å². The molecule has 1 amide bonds. The lowest BCUT2D eigenvalue weighted by Gasteiger charge is -2.33. The normalized spacial score (nSPS) is 16.0. The van der Waals surface area contributed by atoms with E-state index in [4.69, 9.17) is 21.1 Å². The Morgan fingerprint density at radius 2 is 1.96 bits per heavy atom. The van der Waals surface area contributed by atoms with Crippen molar-refractivity contribution in [3.63, 3.8) is 0 Å². The molecule has 148 valence electrons. The summed E-state index contributed by atoms with van der Waals surface area (Å²) in [6, 6.07) is 7.49. The molecule has 1 saturated heterocycles. The Bertz CT molecular complexity index is 990. The van der Waals surface area contributed by atoms with Crippen molar-refractivity contribution in [3.8, 4) is 0 Å².